The number of carbonyl (C=O) groups excluding carboxylic acids is 12. The first kappa shape index (κ1) is 99.3. The smallest absolute Gasteiger partial charge is 0.306 e. The fourth-order valence-electron chi connectivity index (χ4n) is 21.1. The van der Waals surface area contributed by atoms with Gasteiger partial charge in [-0.2, -0.15) is 0 Å². The molecule has 14 rings (SSSR count). The van der Waals surface area contributed by atoms with Crippen molar-refractivity contribution >= 4 is 82.0 Å². The number of ether oxygens (including phenoxy) is 4. The van der Waals surface area contributed by atoms with Crippen LogP contribution in [-0.2, 0) is 102 Å². The van der Waals surface area contributed by atoms with Crippen molar-refractivity contribution in [1.29, 1.82) is 0 Å². The van der Waals surface area contributed by atoms with Gasteiger partial charge in [0.25, 0.3) is 0 Å². The molecule has 0 radical (unpaired) electrons. The molecule has 6 heterocycles. The number of esters is 4. The zero-order chi connectivity index (χ0) is 95.6. The van der Waals surface area contributed by atoms with Gasteiger partial charge in [0.2, 0.25) is 23.6 Å². The Bertz CT molecular complexity index is 4810. The predicted octanol–water partition coefficient (Wildman–Crippen LogP) is 18.6. The molecule has 8 aromatic rings. The minimum atomic E-state index is -0.536. The van der Waals surface area contributed by atoms with Crippen LogP contribution in [-0.4, -0.2) is 169 Å². The molecule has 8 aromatic carbocycles. The summed E-state index contributed by atoms with van der Waals surface area (Å²) in [5.41, 5.74) is 14.9. The quantitative estimate of drug-likeness (QED) is 0.0261. The van der Waals surface area contributed by atoms with E-state index in [0.29, 0.717) is 51.9 Å². The van der Waals surface area contributed by atoms with Crippen LogP contribution in [0.25, 0.3) is 22.3 Å². The van der Waals surface area contributed by atoms with E-state index in [1.54, 1.807) is 19.6 Å². The minimum absolute atomic E-state index is 0.000390. The zero-order valence-corrected chi connectivity index (χ0v) is 80.1. The first-order valence-electron chi connectivity index (χ1n) is 48.4. The number of methoxy groups -OCH3 is 4. The molecule has 22 heteroatoms. The third kappa shape index (κ3) is 23.9. The van der Waals surface area contributed by atoms with Crippen molar-refractivity contribution in [3.05, 3.63) is 251 Å². The highest BCUT2D eigenvalue weighted by atomic mass is 16.5. The summed E-state index contributed by atoms with van der Waals surface area (Å²) in [6.07, 6.45) is 9.94. The first-order chi connectivity index (χ1) is 64.5. The summed E-state index contributed by atoms with van der Waals surface area (Å²) in [5, 5.41) is 0. The maximum Gasteiger partial charge on any atom is 0.306 e. The second-order valence-corrected chi connectivity index (χ2v) is 38.7. The van der Waals surface area contributed by atoms with E-state index in [9.17, 15) is 57.5 Å². The van der Waals surface area contributed by atoms with Crippen molar-refractivity contribution in [1.82, 2.24) is 19.6 Å². The molecule has 0 spiro atoms. The van der Waals surface area contributed by atoms with Crippen molar-refractivity contribution in [2.24, 2.45) is 47.3 Å². The lowest BCUT2D eigenvalue weighted by Crippen LogP contribution is -2.45. The fourth-order valence-corrected chi connectivity index (χ4v) is 21.1. The van der Waals surface area contributed by atoms with Crippen LogP contribution >= 0.6 is 0 Å². The molecule has 12 atom stereocenters. The lowest BCUT2D eigenvalue weighted by atomic mass is 9.90. The molecule has 0 bridgehead atoms. The second kappa shape index (κ2) is 46.2. The van der Waals surface area contributed by atoms with E-state index >= 15 is 0 Å². The summed E-state index contributed by atoms with van der Waals surface area (Å²) < 4.78 is 19.5. The highest BCUT2D eigenvalue weighted by Gasteiger charge is 2.45. The van der Waals surface area contributed by atoms with Crippen LogP contribution in [0, 0.1) is 47.3 Å². The highest BCUT2D eigenvalue weighted by Crippen LogP contribution is 2.50. The molecular weight excluding hydrogens is 1690 g/mol. The number of amides is 4. The molecule has 0 aliphatic carbocycles. The Kier molecular flexibility index (Phi) is 34.2. The molecule has 134 heavy (non-hydrogen) atoms. The molecule has 6 saturated heterocycles. The Morgan fingerprint density at radius 2 is 0.463 bits per heavy atom. The van der Waals surface area contributed by atoms with E-state index in [2.05, 4.69) is 131 Å². The number of benzene rings is 8. The molecule has 0 unspecified atom stereocenters. The van der Waals surface area contributed by atoms with Gasteiger partial charge in [-0.3, -0.25) is 57.5 Å². The molecule has 0 saturated carbocycles. The maximum absolute atomic E-state index is 13.8. The van der Waals surface area contributed by atoms with Crippen LogP contribution in [0.15, 0.2) is 206 Å². The Balaban J connectivity index is 0.000000227. The van der Waals surface area contributed by atoms with Crippen LogP contribution in [0.2, 0.25) is 0 Å². The van der Waals surface area contributed by atoms with E-state index in [4.69, 9.17) is 18.9 Å². The van der Waals surface area contributed by atoms with Gasteiger partial charge in [-0.25, -0.2) is 0 Å². The van der Waals surface area contributed by atoms with Gasteiger partial charge < -0.3 is 48.3 Å². The number of anilines is 2. The van der Waals surface area contributed by atoms with Crippen molar-refractivity contribution < 1.29 is 76.5 Å². The van der Waals surface area contributed by atoms with Gasteiger partial charge in [-0.1, -0.05) is 237 Å². The van der Waals surface area contributed by atoms with Gasteiger partial charge in [-0.05, 0) is 192 Å². The number of nitrogens with zero attached hydrogens (tertiary/aromatic N) is 6. The average Bonchev–Trinajstić information content (AvgIpc) is 1.58. The highest BCUT2D eigenvalue weighted by molar-refractivity contribution is 5.96. The Morgan fingerprint density at radius 3 is 0.657 bits per heavy atom. The number of likely N-dealkylation sites (tertiary alicyclic amines) is 4. The maximum atomic E-state index is 13.8. The topological polar surface area (TPSA) is 261 Å². The summed E-state index contributed by atoms with van der Waals surface area (Å²) in [4.78, 5) is 171. The SMILES string of the molecule is COC(=O)C[C@H](C(=O)N1CCC[C@H]1C(=O)Cc1ccc([C@@H]2CC[C@@H](c3ccc(CC(=O)[C@@H]4CCCN4C(=O)[C@@H](CC(=O)OC)C(C)C)cc3)N2c2ccc(-c3ccccc3)cc2)cc1)C(C)C.COC(=O)C[C@H](C(=O)N1CCC[C@H]1C(=O)Cc1ccc([C@H]2CC[C@H](c3ccc(CC(=O)[C@@H]4CCCN4C(=O)[C@@H](CC(=O)OC)C(C)C)cc3)N2c2ccc(-c3ccccc3)cc2)cc1)C(C)C. The lowest BCUT2D eigenvalue weighted by molar-refractivity contribution is -0.149. The van der Waals surface area contributed by atoms with E-state index < -0.39 is 71.7 Å². The van der Waals surface area contributed by atoms with Crippen LogP contribution in [0.3, 0.4) is 0 Å². The lowest BCUT2D eigenvalue weighted by Gasteiger charge is -2.33. The Labute approximate surface area is 790 Å². The van der Waals surface area contributed by atoms with Crippen LogP contribution < -0.4 is 9.80 Å². The third-order valence-corrected chi connectivity index (χ3v) is 28.9. The van der Waals surface area contributed by atoms with E-state index in [1.807, 2.05) is 140 Å². The Morgan fingerprint density at radius 1 is 0.261 bits per heavy atom. The van der Waals surface area contributed by atoms with Gasteiger partial charge in [0, 0.05) is 63.2 Å². The van der Waals surface area contributed by atoms with E-state index in [1.165, 1.54) is 28.4 Å². The van der Waals surface area contributed by atoms with Gasteiger partial charge >= 0.3 is 23.9 Å². The summed E-state index contributed by atoms with van der Waals surface area (Å²) in [7, 11) is 5.31. The Hall–Kier alpha value is -12.2. The number of hydrogen-bond donors (Lipinski definition) is 0. The summed E-state index contributed by atoms with van der Waals surface area (Å²) in [6.45, 7) is 17.4. The normalized spacial score (nSPS) is 20.3. The first-order valence-corrected chi connectivity index (χ1v) is 48.4. The van der Waals surface area contributed by atoms with Gasteiger partial charge in [0.05, 0.1) is 126 Å². The molecule has 708 valence electrons. The van der Waals surface area contributed by atoms with Gasteiger partial charge in [0.15, 0.2) is 23.1 Å². The third-order valence-electron chi connectivity index (χ3n) is 28.9. The largest absolute Gasteiger partial charge is 0.469 e. The molecule has 22 nitrogen and oxygen atoms in total. The number of carbonyl (C=O) groups is 12. The number of hydrogen-bond acceptors (Lipinski definition) is 18. The summed E-state index contributed by atoms with van der Waals surface area (Å²) in [5.74, 6) is -4.69. The second-order valence-electron chi connectivity index (χ2n) is 38.7. The molecule has 0 N–H and O–H groups in total. The van der Waals surface area contributed by atoms with Gasteiger partial charge in [0.1, 0.15) is 0 Å². The van der Waals surface area contributed by atoms with E-state index in [0.717, 1.165) is 130 Å². The number of ketones is 4. The van der Waals surface area contributed by atoms with Crippen molar-refractivity contribution in [2.45, 2.75) is 232 Å². The molecule has 6 aliphatic heterocycles. The zero-order valence-electron chi connectivity index (χ0n) is 80.1. The van der Waals surface area contributed by atoms with Crippen molar-refractivity contribution in [3.63, 3.8) is 0 Å². The average molecular weight is 1820 g/mol. The number of Topliss-reactive ketones (excluding diaryl/α,β-unsaturated/α-hetero) is 4. The standard InChI is InChI=1S/2C56H67N3O8/c2*1-36(2)45(34-53(62)66-5)55(64)57-30-10-14-49(57)51(60)32-38-16-20-42(21-17-38)47-28-29-48(59(47)44-26-24-41(25-27-44)40-12-8-7-9-13-40)43-22-18-39(19-23-43)33-52(61)50-15-11-31-58(50)56(65)46(37(3)4)35-54(63)67-6/h2*7-9,12-13,16-27,36-37,45-50H,10-11,14-15,28-35H2,1-6H3/t45-,46-,47+,48+,49-,50-;45-,46-,47-,48-,49-,50-/m00/s1. The monoisotopic (exact) mass is 1820 g/mol. The predicted molar refractivity (Wildman–Crippen MR) is 518 cm³/mol. The summed E-state index contributed by atoms with van der Waals surface area (Å²) in [6, 6.07) is 69.7. The fraction of sp³-hybridized carbons (Fsp3) is 0.464. The van der Waals surface area contributed by atoms with Crippen molar-refractivity contribution in [2.75, 3.05) is 64.4 Å². The van der Waals surface area contributed by atoms with Crippen LogP contribution in [0.1, 0.15) is 227 Å². The van der Waals surface area contributed by atoms with Gasteiger partial charge in [-0.15, -0.1) is 0 Å². The minimum Gasteiger partial charge on any atom is -0.469 e. The molecule has 0 aromatic heterocycles. The van der Waals surface area contributed by atoms with Crippen LogP contribution in [0.5, 0.6) is 0 Å². The molecule has 4 amide bonds. The molecule has 6 aliphatic rings. The molecule has 6 fully saturated rings. The van der Waals surface area contributed by atoms with E-state index in [-0.39, 0.29) is 146 Å². The molecular formula is C112H134N6O16. The van der Waals surface area contributed by atoms with Crippen molar-refractivity contribution in [3.8, 4) is 22.3 Å². The summed E-state index contributed by atoms with van der Waals surface area (Å²) >= 11 is 0. The van der Waals surface area contributed by atoms with Crippen LogP contribution in [0.4, 0.5) is 11.4 Å². The number of rotatable bonds is 36.